The van der Waals surface area contributed by atoms with E-state index in [4.69, 9.17) is 9.15 Å². The van der Waals surface area contributed by atoms with Gasteiger partial charge in [0.2, 0.25) is 5.89 Å². The molecule has 1 aromatic carbocycles. The molecule has 0 saturated carbocycles. The van der Waals surface area contributed by atoms with E-state index in [-0.39, 0.29) is 0 Å². The summed E-state index contributed by atoms with van der Waals surface area (Å²) in [6.07, 6.45) is 0. The van der Waals surface area contributed by atoms with E-state index < -0.39 is 0 Å². The summed E-state index contributed by atoms with van der Waals surface area (Å²) in [7, 11) is 3.70. The Hall–Kier alpha value is -2.18. The topological polar surface area (TPSA) is 51.4 Å². The first-order valence-corrected chi connectivity index (χ1v) is 7.80. The molecule has 0 unspecified atom stereocenters. The van der Waals surface area contributed by atoms with E-state index in [2.05, 4.69) is 27.2 Å². The summed E-state index contributed by atoms with van der Waals surface area (Å²) < 4.78 is 10.9. The van der Waals surface area contributed by atoms with Gasteiger partial charge in [0.25, 0.3) is 5.89 Å². The summed E-state index contributed by atoms with van der Waals surface area (Å²) in [5, 5.41) is 10.2. The molecule has 0 atom stereocenters. The molecular formula is C16H17N3O2S. The second kappa shape index (κ2) is 6.72. The van der Waals surface area contributed by atoms with Gasteiger partial charge in [-0.2, -0.15) is 0 Å². The first-order chi connectivity index (χ1) is 10.7. The molecule has 0 spiro atoms. The predicted molar refractivity (Wildman–Crippen MR) is 85.8 cm³/mol. The van der Waals surface area contributed by atoms with E-state index in [9.17, 15) is 0 Å². The van der Waals surface area contributed by atoms with Crippen molar-refractivity contribution in [3.05, 3.63) is 53.2 Å². The Balaban J connectivity index is 1.60. The van der Waals surface area contributed by atoms with Crippen LogP contribution in [0.25, 0.3) is 10.8 Å². The van der Waals surface area contributed by atoms with Gasteiger partial charge in [-0.3, -0.25) is 4.90 Å². The van der Waals surface area contributed by atoms with Gasteiger partial charge in [-0.1, -0.05) is 18.2 Å². The minimum Gasteiger partial charge on any atom is -0.497 e. The standard InChI is InChI=1S/C16H17N3O2S/c1-19(10-12-5-7-13(20-2)8-6-12)11-15-17-18-16(21-15)14-4-3-9-22-14/h3-9H,10-11H2,1-2H3. The van der Waals surface area contributed by atoms with Crippen LogP contribution in [0.2, 0.25) is 0 Å². The van der Waals surface area contributed by atoms with E-state index >= 15 is 0 Å². The van der Waals surface area contributed by atoms with Gasteiger partial charge in [0.05, 0.1) is 18.5 Å². The first-order valence-electron chi connectivity index (χ1n) is 6.92. The largest absolute Gasteiger partial charge is 0.497 e. The zero-order valence-electron chi connectivity index (χ0n) is 12.5. The second-order valence-electron chi connectivity index (χ2n) is 5.00. The third-order valence-corrected chi connectivity index (χ3v) is 4.07. The maximum Gasteiger partial charge on any atom is 0.257 e. The molecule has 114 valence electrons. The van der Waals surface area contributed by atoms with Crippen LogP contribution in [0.4, 0.5) is 0 Å². The summed E-state index contributed by atoms with van der Waals surface area (Å²) in [6, 6.07) is 12.0. The fraction of sp³-hybridized carbons (Fsp3) is 0.250. The average molecular weight is 315 g/mol. The van der Waals surface area contributed by atoms with Gasteiger partial charge in [0, 0.05) is 6.54 Å². The van der Waals surface area contributed by atoms with Gasteiger partial charge in [0.1, 0.15) is 5.75 Å². The average Bonchev–Trinajstić information content (AvgIpc) is 3.19. The number of nitrogens with zero attached hydrogens (tertiary/aromatic N) is 3. The number of benzene rings is 1. The van der Waals surface area contributed by atoms with E-state index in [1.807, 2.05) is 36.7 Å². The molecule has 2 heterocycles. The minimum atomic E-state index is 0.586. The number of aromatic nitrogens is 2. The first kappa shape index (κ1) is 14.7. The molecule has 0 aliphatic carbocycles. The Kier molecular flexibility index (Phi) is 4.50. The molecule has 0 amide bonds. The molecule has 3 aromatic rings. The molecule has 0 aliphatic rings. The number of thiophene rings is 1. The summed E-state index contributed by atoms with van der Waals surface area (Å²) in [6.45, 7) is 1.42. The van der Waals surface area contributed by atoms with Gasteiger partial charge in [-0.25, -0.2) is 0 Å². The van der Waals surface area contributed by atoms with Crippen LogP contribution in [-0.4, -0.2) is 29.3 Å². The Morgan fingerprint density at radius 2 is 1.95 bits per heavy atom. The van der Waals surface area contributed by atoms with E-state index in [1.165, 1.54) is 5.56 Å². The Morgan fingerprint density at radius 3 is 2.64 bits per heavy atom. The molecule has 0 bridgehead atoms. The number of rotatable bonds is 6. The predicted octanol–water partition coefficient (Wildman–Crippen LogP) is 3.44. The normalized spacial score (nSPS) is 11.0. The van der Waals surface area contributed by atoms with Crippen LogP contribution in [0.1, 0.15) is 11.5 Å². The summed E-state index contributed by atoms with van der Waals surface area (Å²) in [5.74, 6) is 2.08. The molecule has 6 heteroatoms. The smallest absolute Gasteiger partial charge is 0.257 e. The lowest BCUT2D eigenvalue weighted by molar-refractivity contribution is 0.282. The van der Waals surface area contributed by atoms with Crippen molar-refractivity contribution in [1.29, 1.82) is 0 Å². The fourth-order valence-corrected chi connectivity index (χ4v) is 2.79. The molecular weight excluding hydrogens is 298 g/mol. The molecule has 0 aliphatic heterocycles. The molecule has 0 radical (unpaired) electrons. The molecule has 5 nitrogen and oxygen atoms in total. The zero-order valence-corrected chi connectivity index (χ0v) is 13.3. The van der Waals surface area contributed by atoms with Crippen molar-refractivity contribution in [2.24, 2.45) is 0 Å². The van der Waals surface area contributed by atoms with Crippen LogP contribution >= 0.6 is 11.3 Å². The lowest BCUT2D eigenvalue weighted by Crippen LogP contribution is -2.17. The van der Waals surface area contributed by atoms with Gasteiger partial charge in [-0.15, -0.1) is 21.5 Å². The Morgan fingerprint density at radius 1 is 1.14 bits per heavy atom. The van der Waals surface area contributed by atoms with Crippen LogP contribution in [0.3, 0.4) is 0 Å². The molecule has 0 fully saturated rings. The molecule has 0 N–H and O–H groups in total. The molecule has 0 saturated heterocycles. The van der Waals surface area contributed by atoms with Crippen molar-refractivity contribution in [1.82, 2.24) is 15.1 Å². The highest BCUT2D eigenvalue weighted by Crippen LogP contribution is 2.23. The van der Waals surface area contributed by atoms with Gasteiger partial charge in [-0.05, 0) is 36.2 Å². The molecule has 2 aromatic heterocycles. The van der Waals surface area contributed by atoms with Crippen molar-refractivity contribution >= 4 is 11.3 Å². The van der Waals surface area contributed by atoms with E-state index in [1.54, 1.807) is 18.4 Å². The summed E-state index contributed by atoms with van der Waals surface area (Å²) in [4.78, 5) is 3.13. The monoisotopic (exact) mass is 315 g/mol. The van der Waals surface area contributed by atoms with Crippen LogP contribution in [0, 0.1) is 0 Å². The van der Waals surface area contributed by atoms with Crippen molar-refractivity contribution in [3.8, 4) is 16.5 Å². The lowest BCUT2D eigenvalue weighted by atomic mass is 10.2. The van der Waals surface area contributed by atoms with E-state index in [0.717, 1.165) is 17.2 Å². The highest BCUT2D eigenvalue weighted by molar-refractivity contribution is 7.13. The van der Waals surface area contributed by atoms with Gasteiger partial charge >= 0.3 is 0 Å². The minimum absolute atomic E-state index is 0.586. The molecule has 22 heavy (non-hydrogen) atoms. The SMILES string of the molecule is COc1ccc(CN(C)Cc2nnc(-c3cccs3)o2)cc1. The zero-order chi connectivity index (χ0) is 15.4. The Bertz CT molecular complexity index is 707. The van der Waals surface area contributed by atoms with Crippen molar-refractivity contribution in [2.75, 3.05) is 14.2 Å². The maximum absolute atomic E-state index is 5.70. The quantitative estimate of drug-likeness (QED) is 0.697. The second-order valence-corrected chi connectivity index (χ2v) is 5.95. The van der Waals surface area contributed by atoms with Crippen molar-refractivity contribution in [2.45, 2.75) is 13.1 Å². The fourth-order valence-electron chi connectivity index (χ4n) is 2.15. The maximum atomic E-state index is 5.70. The summed E-state index contributed by atoms with van der Waals surface area (Å²) in [5.41, 5.74) is 1.21. The number of hydrogen-bond donors (Lipinski definition) is 0. The Labute approximate surface area is 133 Å². The van der Waals surface area contributed by atoms with Crippen LogP contribution < -0.4 is 4.74 Å². The van der Waals surface area contributed by atoms with Crippen LogP contribution in [0.5, 0.6) is 5.75 Å². The van der Waals surface area contributed by atoms with Crippen molar-refractivity contribution < 1.29 is 9.15 Å². The third kappa shape index (κ3) is 3.52. The van der Waals surface area contributed by atoms with Gasteiger partial charge in [0.15, 0.2) is 0 Å². The van der Waals surface area contributed by atoms with E-state index in [0.29, 0.717) is 18.3 Å². The van der Waals surface area contributed by atoms with Gasteiger partial charge < -0.3 is 9.15 Å². The summed E-state index contributed by atoms with van der Waals surface area (Å²) >= 11 is 1.59. The number of ether oxygens (including phenoxy) is 1. The lowest BCUT2D eigenvalue weighted by Gasteiger charge is -2.14. The highest BCUT2D eigenvalue weighted by atomic mass is 32.1. The third-order valence-electron chi connectivity index (χ3n) is 3.22. The van der Waals surface area contributed by atoms with Crippen molar-refractivity contribution in [3.63, 3.8) is 0 Å². The van der Waals surface area contributed by atoms with Crippen LogP contribution in [0.15, 0.2) is 46.2 Å². The molecule has 3 rings (SSSR count). The van der Waals surface area contributed by atoms with Crippen LogP contribution in [-0.2, 0) is 13.1 Å². The number of methoxy groups -OCH3 is 1. The highest BCUT2D eigenvalue weighted by Gasteiger charge is 2.11. The number of hydrogen-bond acceptors (Lipinski definition) is 6.